The smallest absolute Gasteiger partial charge is 0.260 e. The van der Waals surface area contributed by atoms with Crippen molar-refractivity contribution in [1.29, 1.82) is 0 Å². The summed E-state index contributed by atoms with van der Waals surface area (Å²) in [7, 11) is 3.05. The van der Waals surface area contributed by atoms with Crippen molar-refractivity contribution in [3.8, 4) is 11.5 Å². The Balaban J connectivity index is 0.000000158. The third-order valence-corrected chi connectivity index (χ3v) is 11.7. The highest BCUT2D eigenvalue weighted by Gasteiger charge is 2.30. The van der Waals surface area contributed by atoms with Gasteiger partial charge in [-0.25, -0.2) is 9.97 Å². The van der Waals surface area contributed by atoms with E-state index in [1.54, 1.807) is 70.2 Å². The number of hydrogen-bond acceptors (Lipinski definition) is 12. The first kappa shape index (κ1) is 39.9. The number of benzene rings is 2. The molecule has 2 saturated carbocycles. The van der Waals surface area contributed by atoms with Crippen LogP contribution in [0.5, 0.6) is 11.5 Å². The minimum absolute atomic E-state index is 0.164. The van der Waals surface area contributed by atoms with Crippen molar-refractivity contribution in [2.24, 2.45) is 11.8 Å². The lowest BCUT2D eigenvalue weighted by atomic mass is 9.85. The SMILES string of the molecule is COc1cc2nn([C@@H]3CCC(=O)C[C@H]3C)cc2cc1C(=O)Nc1cnc2cccnn12.COc1cc2nn([C@H]3CCC(=O)C[C@@H]3C)cc2cc1C(=O)Nc1cnc2cccnn12. The fraction of sp³-hybridized carbons (Fsp3) is 0.318. The van der Waals surface area contributed by atoms with E-state index in [0.29, 0.717) is 82.8 Å². The normalized spacial score (nSPS) is 19.1. The lowest BCUT2D eigenvalue weighted by Gasteiger charge is -2.28. The molecule has 10 rings (SSSR count). The molecule has 2 amide bonds. The summed E-state index contributed by atoms with van der Waals surface area (Å²) in [6, 6.07) is 14.6. The highest BCUT2D eigenvalue weighted by molar-refractivity contribution is 6.09. The lowest BCUT2D eigenvalue weighted by Crippen LogP contribution is -2.26. The van der Waals surface area contributed by atoms with E-state index in [0.717, 1.165) is 34.6 Å². The van der Waals surface area contributed by atoms with Gasteiger partial charge in [-0.2, -0.15) is 29.4 Å². The fourth-order valence-corrected chi connectivity index (χ4v) is 8.54. The molecular weight excluding hydrogens is 793 g/mol. The van der Waals surface area contributed by atoms with Gasteiger partial charge in [0.1, 0.15) is 23.1 Å². The summed E-state index contributed by atoms with van der Waals surface area (Å²) in [6.07, 6.45) is 14.1. The van der Waals surface area contributed by atoms with Gasteiger partial charge in [0.15, 0.2) is 22.9 Å². The van der Waals surface area contributed by atoms with Crippen molar-refractivity contribution in [3.05, 3.63) is 96.8 Å². The van der Waals surface area contributed by atoms with Gasteiger partial charge in [-0.1, -0.05) is 13.8 Å². The van der Waals surface area contributed by atoms with E-state index < -0.39 is 0 Å². The molecule has 2 aliphatic carbocycles. The largest absolute Gasteiger partial charge is 0.496 e. The van der Waals surface area contributed by atoms with Crippen molar-refractivity contribution in [3.63, 3.8) is 0 Å². The molecule has 2 aliphatic rings. The Morgan fingerprint density at radius 3 is 1.50 bits per heavy atom. The Morgan fingerprint density at radius 1 is 0.661 bits per heavy atom. The Labute approximate surface area is 354 Å². The van der Waals surface area contributed by atoms with Crippen LogP contribution in [0.2, 0.25) is 0 Å². The second kappa shape index (κ2) is 16.5. The third kappa shape index (κ3) is 7.70. The lowest BCUT2D eigenvalue weighted by molar-refractivity contribution is -0.123. The van der Waals surface area contributed by atoms with Crippen LogP contribution in [0, 0.1) is 11.8 Å². The number of imidazole rings is 2. The number of carbonyl (C=O) groups excluding carboxylic acids is 4. The van der Waals surface area contributed by atoms with E-state index >= 15 is 0 Å². The van der Waals surface area contributed by atoms with Crippen LogP contribution in [-0.2, 0) is 9.59 Å². The zero-order valence-electron chi connectivity index (χ0n) is 34.6. The molecule has 2 fully saturated rings. The molecule has 0 spiro atoms. The minimum Gasteiger partial charge on any atom is -0.496 e. The summed E-state index contributed by atoms with van der Waals surface area (Å²) in [5, 5.41) is 25.2. The second-order valence-electron chi connectivity index (χ2n) is 15.9. The number of nitrogens with one attached hydrogen (secondary N) is 2. The van der Waals surface area contributed by atoms with Gasteiger partial charge < -0.3 is 20.1 Å². The number of anilines is 2. The highest BCUT2D eigenvalue weighted by Crippen LogP contribution is 2.36. The molecule has 0 saturated heterocycles. The van der Waals surface area contributed by atoms with Gasteiger partial charge in [0.25, 0.3) is 11.8 Å². The number of Topliss-reactive ketones (excluding diaryl/α,β-unsaturated/α-hetero) is 2. The molecule has 18 heteroatoms. The van der Waals surface area contributed by atoms with Gasteiger partial charge in [-0.3, -0.25) is 28.5 Å². The minimum atomic E-state index is -0.324. The number of aromatic nitrogens is 10. The zero-order chi connectivity index (χ0) is 43.1. The maximum absolute atomic E-state index is 13.1. The van der Waals surface area contributed by atoms with Crippen LogP contribution < -0.4 is 20.1 Å². The molecule has 8 aromatic rings. The fourth-order valence-electron chi connectivity index (χ4n) is 8.54. The standard InChI is InChI=1S/2C22H22N6O3/c2*1-13-8-15(29)5-6-18(13)27-12-14-9-16(19(31-2)10-17(14)26-27)22(30)25-21-11-23-20-4-3-7-24-28(20)21/h2*3-4,7,9-13,18H,5-6,8H2,1-2H3,(H,25,30)/t2*13-,18-/m10/s1. The second-order valence-corrected chi connectivity index (χ2v) is 15.9. The molecular formula is C44H44N12O6. The van der Waals surface area contributed by atoms with Crippen molar-refractivity contribution in [1.82, 2.24) is 48.8 Å². The molecule has 0 aliphatic heterocycles. The first-order valence-corrected chi connectivity index (χ1v) is 20.4. The predicted octanol–water partition coefficient (Wildman–Crippen LogP) is 6.54. The van der Waals surface area contributed by atoms with Crippen molar-refractivity contribution < 1.29 is 28.7 Å². The molecule has 0 unspecified atom stereocenters. The van der Waals surface area contributed by atoms with E-state index in [9.17, 15) is 19.2 Å². The van der Waals surface area contributed by atoms with Gasteiger partial charge in [0, 0.05) is 73.4 Å². The van der Waals surface area contributed by atoms with E-state index in [2.05, 4.69) is 44.6 Å². The summed E-state index contributed by atoms with van der Waals surface area (Å²) in [6.45, 7) is 4.16. The van der Waals surface area contributed by atoms with Crippen LogP contribution >= 0.6 is 0 Å². The van der Waals surface area contributed by atoms with E-state index in [-0.39, 0.29) is 35.7 Å². The maximum atomic E-state index is 13.1. The number of amides is 2. The molecule has 62 heavy (non-hydrogen) atoms. The molecule has 2 aromatic carbocycles. The van der Waals surface area contributed by atoms with Gasteiger partial charge in [-0.05, 0) is 61.1 Å². The number of fused-ring (bicyclic) bond motifs is 4. The average Bonchev–Trinajstić information content (AvgIpc) is 4.08. The van der Waals surface area contributed by atoms with Crippen LogP contribution in [0.3, 0.4) is 0 Å². The monoisotopic (exact) mass is 836 g/mol. The topological polar surface area (TPSA) is 207 Å². The Bertz CT molecular complexity index is 2820. The summed E-state index contributed by atoms with van der Waals surface area (Å²) < 4.78 is 17.9. The number of methoxy groups -OCH3 is 2. The Morgan fingerprint density at radius 2 is 1.10 bits per heavy atom. The zero-order valence-corrected chi connectivity index (χ0v) is 34.6. The van der Waals surface area contributed by atoms with Crippen LogP contribution in [0.1, 0.15) is 85.2 Å². The maximum Gasteiger partial charge on any atom is 0.260 e. The van der Waals surface area contributed by atoms with Gasteiger partial charge in [0.2, 0.25) is 0 Å². The highest BCUT2D eigenvalue weighted by atomic mass is 16.5. The van der Waals surface area contributed by atoms with E-state index in [1.807, 2.05) is 33.9 Å². The van der Waals surface area contributed by atoms with Gasteiger partial charge >= 0.3 is 0 Å². The molecule has 0 bridgehead atoms. The number of nitrogens with zero attached hydrogens (tertiary/aromatic N) is 10. The van der Waals surface area contributed by atoms with Crippen LogP contribution in [0.15, 0.2) is 85.7 Å². The number of hydrogen-bond donors (Lipinski definition) is 2. The van der Waals surface area contributed by atoms with Crippen molar-refractivity contribution in [2.45, 2.75) is 64.5 Å². The van der Waals surface area contributed by atoms with Gasteiger partial charge in [0.05, 0.1) is 60.9 Å². The quantitative estimate of drug-likeness (QED) is 0.167. The first-order valence-electron chi connectivity index (χ1n) is 20.4. The first-order chi connectivity index (χ1) is 30.1. The van der Waals surface area contributed by atoms with Crippen LogP contribution in [0.4, 0.5) is 11.6 Å². The predicted molar refractivity (Wildman–Crippen MR) is 229 cm³/mol. The number of rotatable bonds is 8. The molecule has 4 atom stereocenters. The average molecular weight is 837 g/mol. The molecule has 6 aromatic heterocycles. The molecule has 18 nitrogen and oxygen atoms in total. The van der Waals surface area contributed by atoms with E-state index in [4.69, 9.17) is 19.7 Å². The molecule has 0 radical (unpaired) electrons. The third-order valence-electron chi connectivity index (χ3n) is 11.7. The molecule has 6 heterocycles. The number of ketones is 2. The summed E-state index contributed by atoms with van der Waals surface area (Å²) in [5.74, 6) is 2.23. The number of carbonyl (C=O) groups is 4. The van der Waals surface area contributed by atoms with Crippen LogP contribution in [0.25, 0.3) is 33.1 Å². The number of ether oxygens (including phenoxy) is 2. The van der Waals surface area contributed by atoms with Crippen molar-refractivity contribution in [2.75, 3.05) is 24.9 Å². The van der Waals surface area contributed by atoms with Gasteiger partial charge in [-0.15, -0.1) is 0 Å². The molecule has 316 valence electrons. The summed E-state index contributed by atoms with van der Waals surface area (Å²) >= 11 is 0. The van der Waals surface area contributed by atoms with Crippen LogP contribution in [-0.4, -0.2) is 86.4 Å². The summed E-state index contributed by atoms with van der Waals surface area (Å²) in [4.78, 5) is 58.1. The summed E-state index contributed by atoms with van der Waals surface area (Å²) in [5.41, 5.74) is 3.56. The van der Waals surface area contributed by atoms with Crippen molar-refractivity contribution >= 4 is 68.1 Å². The molecule has 2 N–H and O–H groups in total. The Kier molecular flexibility index (Phi) is 10.6. The van der Waals surface area contributed by atoms with E-state index in [1.165, 1.54) is 14.2 Å². The Hall–Kier alpha value is -7.50.